The zero-order valence-corrected chi connectivity index (χ0v) is 18.5. The lowest BCUT2D eigenvalue weighted by Gasteiger charge is -2.24. The van der Waals surface area contributed by atoms with Gasteiger partial charge in [0.1, 0.15) is 0 Å². The molecule has 0 aliphatic rings. The number of halogens is 1. The van der Waals surface area contributed by atoms with Crippen molar-refractivity contribution in [2.45, 2.75) is 20.4 Å². The first-order valence-corrected chi connectivity index (χ1v) is 11.1. The molecule has 0 saturated heterocycles. The molecule has 3 rings (SSSR count). The molecule has 0 spiro atoms. The highest BCUT2D eigenvalue weighted by molar-refractivity contribution is 9.10. The predicted octanol–water partition coefficient (Wildman–Crippen LogP) is 5.45. The second-order valence-electron chi connectivity index (χ2n) is 6.45. The van der Waals surface area contributed by atoms with Gasteiger partial charge in [-0.05, 0) is 30.8 Å². The summed E-state index contributed by atoms with van der Waals surface area (Å²) < 4.78 is 1.03. The predicted molar refractivity (Wildman–Crippen MR) is 121 cm³/mol. The summed E-state index contributed by atoms with van der Waals surface area (Å²) in [6.45, 7) is 6.77. The summed E-state index contributed by atoms with van der Waals surface area (Å²) in [5, 5.41) is 2.75. The van der Waals surface area contributed by atoms with E-state index in [4.69, 9.17) is 4.98 Å². The molecule has 0 aliphatic carbocycles. The van der Waals surface area contributed by atoms with Crippen LogP contribution >= 0.6 is 27.3 Å². The Balaban J connectivity index is 1.87. The van der Waals surface area contributed by atoms with E-state index in [9.17, 15) is 4.79 Å². The van der Waals surface area contributed by atoms with Gasteiger partial charge in [0.05, 0.1) is 18.8 Å². The summed E-state index contributed by atoms with van der Waals surface area (Å²) in [4.78, 5) is 21.8. The molecule has 0 atom stereocenters. The Hall–Kier alpha value is -2.02. The minimum atomic E-state index is 0.0734. The average Bonchev–Trinajstić information content (AvgIpc) is 3.21. The van der Waals surface area contributed by atoms with Crippen molar-refractivity contribution in [3.05, 3.63) is 70.0 Å². The third kappa shape index (κ3) is 5.28. The zero-order valence-electron chi connectivity index (χ0n) is 16.1. The Kier molecular flexibility index (Phi) is 7.36. The first kappa shape index (κ1) is 20.7. The number of hydrogen-bond donors (Lipinski definition) is 0. The Morgan fingerprint density at radius 3 is 2.36 bits per heavy atom. The molecule has 1 amide bonds. The molecule has 0 saturated carbocycles. The van der Waals surface area contributed by atoms with Crippen LogP contribution in [0.3, 0.4) is 0 Å². The Bertz CT molecular complexity index is 892. The molecule has 0 aliphatic heterocycles. The number of anilines is 1. The summed E-state index contributed by atoms with van der Waals surface area (Å²) in [6.07, 6.45) is 0. The van der Waals surface area contributed by atoms with Crippen molar-refractivity contribution in [3.63, 3.8) is 0 Å². The van der Waals surface area contributed by atoms with Crippen molar-refractivity contribution in [3.8, 4) is 11.3 Å². The van der Waals surface area contributed by atoms with E-state index < -0.39 is 0 Å². The smallest absolute Gasteiger partial charge is 0.243 e. The van der Waals surface area contributed by atoms with Crippen LogP contribution in [0.5, 0.6) is 0 Å². The largest absolute Gasteiger partial charge is 0.295 e. The third-order valence-corrected chi connectivity index (χ3v) is 5.99. The van der Waals surface area contributed by atoms with Gasteiger partial charge in [0.25, 0.3) is 0 Å². The highest BCUT2D eigenvalue weighted by Gasteiger charge is 2.21. The Labute approximate surface area is 179 Å². The third-order valence-electron chi connectivity index (χ3n) is 4.60. The van der Waals surface area contributed by atoms with Crippen LogP contribution in [-0.4, -0.2) is 35.4 Å². The van der Waals surface area contributed by atoms with E-state index in [0.29, 0.717) is 13.1 Å². The molecule has 0 N–H and O–H groups in total. The molecule has 28 heavy (non-hydrogen) atoms. The molecular formula is C22H24BrN3OS. The van der Waals surface area contributed by atoms with E-state index in [1.807, 2.05) is 60.0 Å². The Morgan fingerprint density at radius 1 is 1.04 bits per heavy atom. The van der Waals surface area contributed by atoms with Crippen LogP contribution in [-0.2, 0) is 11.3 Å². The number of hydrogen-bond acceptors (Lipinski definition) is 4. The van der Waals surface area contributed by atoms with E-state index in [1.165, 1.54) is 11.3 Å². The maximum atomic E-state index is 13.1. The average molecular weight is 458 g/mol. The molecule has 3 aromatic rings. The first-order chi connectivity index (χ1) is 13.6. The number of carbonyl (C=O) groups is 1. The number of thiazole rings is 1. The number of likely N-dealkylation sites (N-methyl/N-ethyl adjacent to an activating group) is 1. The van der Waals surface area contributed by atoms with Crippen molar-refractivity contribution in [2.75, 3.05) is 24.5 Å². The van der Waals surface area contributed by atoms with Gasteiger partial charge in [-0.25, -0.2) is 4.98 Å². The summed E-state index contributed by atoms with van der Waals surface area (Å²) in [5.74, 6) is 0.0734. The fraction of sp³-hybridized carbons (Fsp3) is 0.273. The molecule has 2 aromatic carbocycles. The fourth-order valence-corrected chi connectivity index (χ4v) is 4.01. The maximum Gasteiger partial charge on any atom is 0.243 e. The molecule has 1 heterocycles. The van der Waals surface area contributed by atoms with Crippen LogP contribution in [0.2, 0.25) is 0 Å². The van der Waals surface area contributed by atoms with Gasteiger partial charge in [0.2, 0.25) is 5.91 Å². The van der Waals surface area contributed by atoms with Crippen LogP contribution in [0.1, 0.15) is 19.4 Å². The number of rotatable bonds is 8. The monoisotopic (exact) mass is 457 g/mol. The standard InChI is InChI=1S/C22H24BrN3OS/c1-3-25(4-2)15-21(27)26(14-17-8-6-5-7-9-17)22-24-20(16-28-22)18-10-12-19(23)13-11-18/h5-13,16H,3-4,14-15H2,1-2H3. The van der Waals surface area contributed by atoms with Gasteiger partial charge in [0, 0.05) is 15.4 Å². The number of benzene rings is 2. The van der Waals surface area contributed by atoms with E-state index in [0.717, 1.165) is 39.5 Å². The second kappa shape index (κ2) is 9.96. The summed E-state index contributed by atoms with van der Waals surface area (Å²) in [5.41, 5.74) is 3.03. The number of nitrogens with zero attached hydrogens (tertiary/aromatic N) is 3. The second-order valence-corrected chi connectivity index (χ2v) is 8.20. The number of carbonyl (C=O) groups excluding carboxylic acids is 1. The van der Waals surface area contributed by atoms with Crippen molar-refractivity contribution in [2.24, 2.45) is 0 Å². The lowest BCUT2D eigenvalue weighted by Crippen LogP contribution is -2.40. The number of aromatic nitrogens is 1. The quantitative estimate of drug-likeness (QED) is 0.451. The zero-order chi connectivity index (χ0) is 19.9. The van der Waals surface area contributed by atoms with Crippen molar-refractivity contribution in [1.82, 2.24) is 9.88 Å². The lowest BCUT2D eigenvalue weighted by molar-refractivity contribution is -0.119. The maximum absolute atomic E-state index is 13.1. The SMILES string of the molecule is CCN(CC)CC(=O)N(Cc1ccccc1)c1nc(-c2ccc(Br)cc2)cs1. The molecule has 0 fully saturated rings. The Morgan fingerprint density at radius 2 is 1.71 bits per heavy atom. The molecule has 0 unspecified atom stereocenters. The summed E-state index contributed by atoms with van der Waals surface area (Å²) >= 11 is 4.97. The molecule has 0 radical (unpaired) electrons. The van der Waals surface area contributed by atoms with Gasteiger partial charge >= 0.3 is 0 Å². The van der Waals surface area contributed by atoms with Crippen LogP contribution in [0.15, 0.2) is 64.5 Å². The fourth-order valence-electron chi connectivity index (χ4n) is 2.89. The molecule has 6 heteroatoms. The van der Waals surface area contributed by atoms with Gasteiger partial charge in [-0.2, -0.15) is 0 Å². The topological polar surface area (TPSA) is 36.4 Å². The minimum Gasteiger partial charge on any atom is -0.295 e. The van der Waals surface area contributed by atoms with E-state index in [1.54, 1.807) is 4.90 Å². The van der Waals surface area contributed by atoms with Crippen LogP contribution in [0.4, 0.5) is 5.13 Å². The van der Waals surface area contributed by atoms with Gasteiger partial charge in [-0.15, -0.1) is 11.3 Å². The van der Waals surface area contributed by atoms with Crippen molar-refractivity contribution >= 4 is 38.3 Å². The lowest BCUT2D eigenvalue weighted by atomic mass is 10.2. The molecule has 4 nitrogen and oxygen atoms in total. The molecular weight excluding hydrogens is 434 g/mol. The van der Waals surface area contributed by atoms with Gasteiger partial charge in [0.15, 0.2) is 5.13 Å². The highest BCUT2D eigenvalue weighted by atomic mass is 79.9. The summed E-state index contributed by atoms with van der Waals surface area (Å²) in [6, 6.07) is 18.1. The van der Waals surface area contributed by atoms with Crippen molar-refractivity contribution < 1.29 is 4.79 Å². The normalized spacial score (nSPS) is 11.0. The van der Waals surface area contributed by atoms with Gasteiger partial charge in [-0.1, -0.05) is 72.2 Å². The van der Waals surface area contributed by atoms with Gasteiger partial charge in [-0.3, -0.25) is 14.6 Å². The van der Waals surface area contributed by atoms with Crippen molar-refractivity contribution in [1.29, 1.82) is 0 Å². The first-order valence-electron chi connectivity index (χ1n) is 9.38. The molecule has 0 bridgehead atoms. The van der Waals surface area contributed by atoms with Crippen LogP contribution < -0.4 is 4.90 Å². The molecule has 146 valence electrons. The van der Waals surface area contributed by atoms with Crippen LogP contribution in [0, 0.1) is 0 Å². The van der Waals surface area contributed by atoms with E-state index in [-0.39, 0.29) is 5.91 Å². The van der Waals surface area contributed by atoms with E-state index >= 15 is 0 Å². The molecule has 1 aromatic heterocycles. The minimum absolute atomic E-state index is 0.0734. The number of amides is 1. The van der Waals surface area contributed by atoms with Gasteiger partial charge < -0.3 is 0 Å². The van der Waals surface area contributed by atoms with E-state index in [2.05, 4.69) is 34.7 Å². The highest BCUT2D eigenvalue weighted by Crippen LogP contribution is 2.29. The van der Waals surface area contributed by atoms with Crippen LogP contribution in [0.25, 0.3) is 11.3 Å². The summed E-state index contributed by atoms with van der Waals surface area (Å²) in [7, 11) is 0.